The number of hydrogen-bond donors (Lipinski definition) is 0. The number of piperazine rings is 1. The largest absolute Gasteiger partial charge is 0.497 e. The molecule has 0 bridgehead atoms. The van der Waals surface area contributed by atoms with Crippen LogP contribution in [0.2, 0.25) is 0 Å². The van der Waals surface area contributed by atoms with Crippen LogP contribution in [0.4, 0.5) is 0 Å². The molecule has 1 aromatic carbocycles. The maximum atomic E-state index is 12.4. The monoisotopic (exact) mass is 359 g/mol. The van der Waals surface area contributed by atoms with Gasteiger partial charge in [-0.25, -0.2) is 0 Å². The van der Waals surface area contributed by atoms with Gasteiger partial charge >= 0.3 is 0 Å². The quantitative estimate of drug-likeness (QED) is 0.786. The van der Waals surface area contributed by atoms with Gasteiger partial charge in [-0.1, -0.05) is 5.16 Å². The minimum atomic E-state index is 0.0119. The number of nitrogens with zero attached hydrogens (tertiary/aromatic N) is 3. The fraction of sp³-hybridized carbons (Fsp3) is 0.474. The number of aromatic nitrogens is 1. The number of amides is 1. The van der Waals surface area contributed by atoms with Crippen molar-refractivity contribution in [1.29, 1.82) is 0 Å². The number of benzene rings is 1. The molecular weight excluding hydrogens is 334 g/mol. The molecule has 0 unspecified atom stereocenters. The second-order valence-electron chi connectivity index (χ2n) is 6.42. The van der Waals surface area contributed by atoms with Gasteiger partial charge in [-0.3, -0.25) is 9.69 Å². The van der Waals surface area contributed by atoms with E-state index in [-0.39, 0.29) is 12.5 Å². The molecule has 1 aromatic heterocycles. The van der Waals surface area contributed by atoms with Crippen LogP contribution < -0.4 is 9.47 Å². The third-order valence-corrected chi connectivity index (χ3v) is 4.71. The molecule has 0 saturated carbocycles. The highest BCUT2D eigenvalue weighted by Crippen LogP contribution is 2.18. The number of carbonyl (C=O) groups is 1. The van der Waals surface area contributed by atoms with Crippen molar-refractivity contribution in [2.45, 2.75) is 20.4 Å². The third kappa shape index (κ3) is 4.35. The summed E-state index contributed by atoms with van der Waals surface area (Å²) in [5.41, 5.74) is 2.08. The van der Waals surface area contributed by atoms with Crippen LogP contribution >= 0.6 is 0 Å². The second kappa shape index (κ2) is 8.23. The molecule has 1 saturated heterocycles. The molecule has 0 atom stereocenters. The zero-order valence-electron chi connectivity index (χ0n) is 15.5. The molecule has 1 fully saturated rings. The number of hydrogen-bond acceptors (Lipinski definition) is 6. The van der Waals surface area contributed by atoms with Crippen molar-refractivity contribution in [2.24, 2.45) is 0 Å². The lowest BCUT2D eigenvalue weighted by Gasteiger charge is -2.34. The lowest BCUT2D eigenvalue weighted by atomic mass is 10.2. The lowest BCUT2D eigenvalue weighted by molar-refractivity contribution is -0.135. The first-order valence-corrected chi connectivity index (χ1v) is 8.75. The van der Waals surface area contributed by atoms with Crippen LogP contribution in [0, 0.1) is 13.8 Å². The van der Waals surface area contributed by atoms with Crippen molar-refractivity contribution in [2.75, 3.05) is 39.9 Å². The fourth-order valence-corrected chi connectivity index (χ4v) is 3.01. The summed E-state index contributed by atoms with van der Waals surface area (Å²) in [6, 6.07) is 7.22. The Morgan fingerprint density at radius 2 is 1.77 bits per heavy atom. The molecule has 1 aliphatic heterocycles. The summed E-state index contributed by atoms with van der Waals surface area (Å²) >= 11 is 0. The SMILES string of the molecule is COc1ccc(OCC(=O)N2CCN(Cc3c(C)noc3C)CC2)cc1. The average molecular weight is 359 g/mol. The molecule has 2 aromatic rings. The first-order valence-electron chi connectivity index (χ1n) is 8.75. The normalized spacial score (nSPS) is 15.1. The van der Waals surface area contributed by atoms with Crippen molar-refractivity contribution in [3.8, 4) is 11.5 Å². The number of methoxy groups -OCH3 is 1. The van der Waals surface area contributed by atoms with Crippen molar-refractivity contribution < 1.29 is 18.8 Å². The minimum absolute atomic E-state index is 0.0119. The van der Waals surface area contributed by atoms with Crippen molar-refractivity contribution in [1.82, 2.24) is 15.0 Å². The highest BCUT2D eigenvalue weighted by atomic mass is 16.5. The predicted molar refractivity (Wildman–Crippen MR) is 96.3 cm³/mol. The summed E-state index contributed by atoms with van der Waals surface area (Å²) in [6.45, 7) is 7.83. The van der Waals surface area contributed by atoms with Gasteiger partial charge in [-0.2, -0.15) is 0 Å². The highest BCUT2D eigenvalue weighted by Gasteiger charge is 2.23. The zero-order valence-corrected chi connectivity index (χ0v) is 15.5. The van der Waals surface area contributed by atoms with E-state index >= 15 is 0 Å². The molecule has 7 nitrogen and oxygen atoms in total. The van der Waals surface area contributed by atoms with E-state index in [1.807, 2.05) is 30.9 Å². The Balaban J connectivity index is 1.44. The van der Waals surface area contributed by atoms with E-state index < -0.39 is 0 Å². The van der Waals surface area contributed by atoms with Crippen molar-refractivity contribution >= 4 is 5.91 Å². The molecule has 3 rings (SSSR count). The summed E-state index contributed by atoms with van der Waals surface area (Å²) in [4.78, 5) is 16.5. The average Bonchev–Trinajstić information content (AvgIpc) is 2.99. The summed E-state index contributed by atoms with van der Waals surface area (Å²) in [6.07, 6.45) is 0. The number of aryl methyl sites for hydroxylation is 2. The summed E-state index contributed by atoms with van der Waals surface area (Å²) in [5, 5.41) is 4.00. The number of rotatable bonds is 6. The van der Waals surface area contributed by atoms with Gasteiger partial charge in [0.1, 0.15) is 17.3 Å². The van der Waals surface area contributed by atoms with Gasteiger partial charge < -0.3 is 18.9 Å². The Kier molecular flexibility index (Phi) is 5.78. The van der Waals surface area contributed by atoms with E-state index in [2.05, 4.69) is 10.1 Å². The van der Waals surface area contributed by atoms with Gasteiger partial charge in [-0.05, 0) is 38.1 Å². The molecule has 140 valence electrons. The van der Waals surface area contributed by atoms with Gasteiger partial charge in [0.2, 0.25) is 0 Å². The van der Waals surface area contributed by atoms with Crippen LogP contribution in [-0.2, 0) is 11.3 Å². The molecule has 26 heavy (non-hydrogen) atoms. The van der Waals surface area contributed by atoms with Crippen LogP contribution in [0.3, 0.4) is 0 Å². The molecule has 1 amide bonds. The Morgan fingerprint density at radius 3 is 2.35 bits per heavy atom. The Labute approximate surface area is 153 Å². The van der Waals surface area contributed by atoms with Crippen LogP contribution in [0.15, 0.2) is 28.8 Å². The second-order valence-corrected chi connectivity index (χ2v) is 6.42. The summed E-state index contributed by atoms with van der Waals surface area (Å²) in [7, 11) is 1.62. The minimum Gasteiger partial charge on any atom is -0.497 e. The lowest BCUT2D eigenvalue weighted by Crippen LogP contribution is -2.49. The topological polar surface area (TPSA) is 68.0 Å². The molecule has 0 radical (unpaired) electrons. The van der Waals surface area contributed by atoms with E-state index in [0.717, 1.165) is 42.4 Å². The maximum absolute atomic E-state index is 12.4. The Morgan fingerprint density at radius 1 is 1.12 bits per heavy atom. The van der Waals surface area contributed by atoms with Crippen LogP contribution in [0.5, 0.6) is 11.5 Å². The van der Waals surface area contributed by atoms with E-state index in [1.54, 1.807) is 19.2 Å². The Hall–Kier alpha value is -2.54. The first-order chi connectivity index (χ1) is 12.6. The molecule has 0 N–H and O–H groups in total. The van der Waals surface area contributed by atoms with Crippen LogP contribution in [-0.4, -0.2) is 60.8 Å². The van der Waals surface area contributed by atoms with E-state index in [9.17, 15) is 4.79 Å². The van der Waals surface area contributed by atoms with Gasteiger partial charge in [0.05, 0.1) is 12.8 Å². The Bertz CT molecular complexity index is 714. The van der Waals surface area contributed by atoms with Crippen molar-refractivity contribution in [3.05, 3.63) is 41.3 Å². The molecule has 0 aliphatic carbocycles. The predicted octanol–water partition coefficient (Wildman–Crippen LogP) is 2.02. The first kappa shape index (κ1) is 18.3. The smallest absolute Gasteiger partial charge is 0.260 e. The molecule has 0 spiro atoms. The molecule has 1 aliphatic rings. The van der Waals surface area contributed by atoms with E-state index in [1.165, 1.54) is 0 Å². The molecule has 2 heterocycles. The third-order valence-electron chi connectivity index (χ3n) is 4.71. The maximum Gasteiger partial charge on any atom is 0.260 e. The van der Waals surface area contributed by atoms with Gasteiger partial charge in [0, 0.05) is 38.3 Å². The van der Waals surface area contributed by atoms with E-state index in [0.29, 0.717) is 18.8 Å². The standard InChI is InChI=1S/C19H25N3O4/c1-14-18(15(2)26-20-14)12-21-8-10-22(11-9-21)19(23)13-25-17-6-4-16(24-3)5-7-17/h4-7H,8-13H2,1-3H3. The van der Waals surface area contributed by atoms with Gasteiger partial charge in [0.25, 0.3) is 5.91 Å². The fourth-order valence-electron chi connectivity index (χ4n) is 3.01. The van der Waals surface area contributed by atoms with Crippen LogP contribution in [0.1, 0.15) is 17.0 Å². The molecular formula is C19H25N3O4. The van der Waals surface area contributed by atoms with Gasteiger partial charge in [0.15, 0.2) is 6.61 Å². The van der Waals surface area contributed by atoms with Gasteiger partial charge in [-0.15, -0.1) is 0 Å². The molecule has 7 heteroatoms. The summed E-state index contributed by atoms with van der Waals surface area (Å²) < 4.78 is 15.9. The summed E-state index contributed by atoms with van der Waals surface area (Å²) in [5.74, 6) is 2.31. The zero-order chi connectivity index (χ0) is 18.5. The number of ether oxygens (including phenoxy) is 2. The van der Waals surface area contributed by atoms with Crippen molar-refractivity contribution in [3.63, 3.8) is 0 Å². The van der Waals surface area contributed by atoms with E-state index in [4.69, 9.17) is 14.0 Å². The number of carbonyl (C=O) groups excluding carboxylic acids is 1. The highest BCUT2D eigenvalue weighted by molar-refractivity contribution is 5.77. The van der Waals surface area contributed by atoms with Crippen LogP contribution in [0.25, 0.3) is 0 Å².